The summed E-state index contributed by atoms with van der Waals surface area (Å²) in [6.07, 6.45) is 4.09. The number of nitrogens with zero attached hydrogens (tertiary/aromatic N) is 1. The number of aromatic nitrogens is 1. The van der Waals surface area contributed by atoms with Crippen molar-refractivity contribution in [2.45, 2.75) is 18.9 Å². The molecule has 1 aliphatic rings. The predicted molar refractivity (Wildman–Crippen MR) is 83.0 cm³/mol. The van der Waals surface area contributed by atoms with Gasteiger partial charge in [-0.2, -0.15) is 0 Å². The van der Waals surface area contributed by atoms with Gasteiger partial charge in [-0.1, -0.05) is 42.5 Å². The van der Waals surface area contributed by atoms with Gasteiger partial charge >= 0.3 is 0 Å². The maximum absolute atomic E-state index is 4.42. The minimum absolute atomic E-state index is 0.484. The molecular formula is C18H16N2. The standard InChI is InChI=1S/C18H16N2/c1-2-6-14-12-15(11-13(14)5-1)20-18-9-10-19-17-8-4-3-7-16(17)18/h1-10,15H,11-12H2,(H,19,20). The molecule has 3 aromatic rings. The Hall–Kier alpha value is -2.35. The Morgan fingerprint density at radius 2 is 1.55 bits per heavy atom. The predicted octanol–water partition coefficient (Wildman–Crippen LogP) is 3.81. The van der Waals surface area contributed by atoms with E-state index in [1.165, 1.54) is 22.2 Å². The number of benzene rings is 2. The number of nitrogens with one attached hydrogen (secondary N) is 1. The Balaban J connectivity index is 1.64. The van der Waals surface area contributed by atoms with Crippen molar-refractivity contribution in [2.24, 2.45) is 0 Å². The number of fused-ring (bicyclic) bond motifs is 2. The second-order valence-electron chi connectivity index (χ2n) is 5.39. The number of anilines is 1. The Bertz CT molecular complexity index is 734. The zero-order valence-corrected chi connectivity index (χ0v) is 11.2. The zero-order valence-electron chi connectivity index (χ0n) is 11.2. The van der Waals surface area contributed by atoms with E-state index in [2.05, 4.69) is 58.8 Å². The van der Waals surface area contributed by atoms with E-state index in [9.17, 15) is 0 Å². The highest BCUT2D eigenvalue weighted by Gasteiger charge is 2.20. The lowest BCUT2D eigenvalue weighted by Gasteiger charge is -2.15. The smallest absolute Gasteiger partial charge is 0.0722 e. The highest BCUT2D eigenvalue weighted by molar-refractivity contribution is 5.91. The van der Waals surface area contributed by atoms with Gasteiger partial charge in [0.2, 0.25) is 0 Å². The van der Waals surface area contributed by atoms with Crippen LogP contribution in [-0.2, 0) is 12.8 Å². The molecule has 1 N–H and O–H groups in total. The van der Waals surface area contributed by atoms with Crippen LogP contribution in [0.1, 0.15) is 11.1 Å². The quantitative estimate of drug-likeness (QED) is 0.757. The molecule has 1 aromatic heterocycles. The van der Waals surface area contributed by atoms with Gasteiger partial charge in [0.05, 0.1) is 5.52 Å². The van der Waals surface area contributed by atoms with E-state index in [0.29, 0.717) is 6.04 Å². The molecule has 0 atom stereocenters. The monoisotopic (exact) mass is 260 g/mol. The molecule has 0 radical (unpaired) electrons. The van der Waals surface area contributed by atoms with Crippen molar-refractivity contribution in [1.82, 2.24) is 4.98 Å². The molecule has 0 unspecified atom stereocenters. The number of rotatable bonds is 2. The van der Waals surface area contributed by atoms with Crippen molar-refractivity contribution in [3.8, 4) is 0 Å². The first-order valence-corrected chi connectivity index (χ1v) is 7.07. The van der Waals surface area contributed by atoms with Gasteiger partial charge in [-0.15, -0.1) is 0 Å². The van der Waals surface area contributed by atoms with Crippen LogP contribution in [-0.4, -0.2) is 11.0 Å². The average molecular weight is 260 g/mol. The molecule has 98 valence electrons. The molecule has 0 fully saturated rings. The van der Waals surface area contributed by atoms with Crippen LogP contribution in [0.5, 0.6) is 0 Å². The maximum atomic E-state index is 4.42. The van der Waals surface area contributed by atoms with Gasteiger partial charge in [0, 0.05) is 23.3 Å². The Labute approximate surface area is 118 Å². The van der Waals surface area contributed by atoms with Crippen LogP contribution in [0.4, 0.5) is 5.69 Å². The summed E-state index contributed by atoms with van der Waals surface area (Å²) in [5.74, 6) is 0. The normalized spacial score (nSPS) is 14.4. The zero-order chi connectivity index (χ0) is 13.4. The summed E-state index contributed by atoms with van der Waals surface area (Å²) in [5, 5.41) is 4.89. The molecular weight excluding hydrogens is 244 g/mol. The molecule has 0 aliphatic heterocycles. The topological polar surface area (TPSA) is 24.9 Å². The third-order valence-corrected chi connectivity index (χ3v) is 4.06. The van der Waals surface area contributed by atoms with E-state index in [0.717, 1.165) is 18.4 Å². The SMILES string of the molecule is c1ccc2c(c1)CC(Nc1ccnc3ccccc13)C2. The molecule has 0 bridgehead atoms. The first-order valence-electron chi connectivity index (χ1n) is 7.07. The highest BCUT2D eigenvalue weighted by Crippen LogP contribution is 2.27. The summed E-state index contributed by atoms with van der Waals surface area (Å²) < 4.78 is 0. The number of pyridine rings is 1. The first-order chi connectivity index (χ1) is 9.90. The number of hydrogen-bond donors (Lipinski definition) is 1. The van der Waals surface area contributed by atoms with Gasteiger partial charge in [0.15, 0.2) is 0 Å². The largest absolute Gasteiger partial charge is 0.381 e. The van der Waals surface area contributed by atoms with Gasteiger partial charge in [-0.05, 0) is 36.1 Å². The fraction of sp³-hybridized carbons (Fsp3) is 0.167. The minimum atomic E-state index is 0.484. The highest BCUT2D eigenvalue weighted by atomic mass is 14.9. The molecule has 0 spiro atoms. The van der Waals surface area contributed by atoms with Gasteiger partial charge in [-0.3, -0.25) is 4.98 Å². The van der Waals surface area contributed by atoms with Gasteiger partial charge < -0.3 is 5.32 Å². The molecule has 2 heteroatoms. The summed E-state index contributed by atoms with van der Waals surface area (Å²) in [5.41, 5.74) is 5.19. The van der Waals surface area contributed by atoms with E-state index in [1.54, 1.807) is 0 Å². The summed E-state index contributed by atoms with van der Waals surface area (Å²) in [6.45, 7) is 0. The van der Waals surface area contributed by atoms with E-state index in [-0.39, 0.29) is 0 Å². The maximum Gasteiger partial charge on any atom is 0.0722 e. The van der Waals surface area contributed by atoms with Gasteiger partial charge in [0.25, 0.3) is 0 Å². The fourth-order valence-electron chi connectivity index (χ4n) is 3.10. The van der Waals surface area contributed by atoms with Crippen molar-refractivity contribution in [3.05, 3.63) is 71.9 Å². The van der Waals surface area contributed by atoms with Crippen LogP contribution >= 0.6 is 0 Å². The number of para-hydroxylation sites is 1. The van der Waals surface area contributed by atoms with Crippen LogP contribution in [0, 0.1) is 0 Å². The van der Waals surface area contributed by atoms with Gasteiger partial charge in [-0.25, -0.2) is 0 Å². The van der Waals surface area contributed by atoms with Crippen LogP contribution in [0.15, 0.2) is 60.8 Å². The first kappa shape index (κ1) is 11.5. The third-order valence-electron chi connectivity index (χ3n) is 4.06. The lowest BCUT2D eigenvalue weighted by atomic mass is 10.1. The Morgan fingerprint density at radius 3 is 2.35 bits per heavy atom. The second-order valence-corrected chi connectivity index (χ2v) is 5.39. The molecule has 1 aliphatic carbocycles. The molecule has 0 saturated heterocycles. The lowest BCUT2D eigenvalue weighted by molar-refractivity contribution is 0.775. The molecule has 20 heavy (non-hydrogen) atoms. The second kappa shape index (κ2) is 4.64. The van der Waals surface area contributed by atoms with Crippen LogP contribution in [0.2, 0.25) is 0 Å². The van der Waals surface area contributed by atoms with E-state index >= 15 is 0 Å². The van der Waals surface area contributed by atoms with Crippen LogP contribution in [0.25, 0.3) is 10.9 Å². The van der Waals surface area contributed by atoms with E-state index < -0.39 is 0 Å². The molecule has 1 heterocycles. The minimum Gasteiger partial charge on any atom is -0.381 e. The van der Waals surface area contributed by atoms with Crippen molar-refractivity contribution in [1.29, 1.82) is 0 Å². The summed E-state index contributed by atoms with van der Waals surface area (Å²) >= 11 is 0. The van der Waals surface area contributed by atoms with Crippen LogP contribution < -0.4 is 5.32 Å². The Kier molecular flexibility index (Phi) is 2.66. The molecule has 4 rings (SSSR count). The summed E-state index contributed by atoms with van der Waals surface area (Å²) in [6, 6.07) is 19.6. The molecule has 2 nitrogen and oxygen atoms in total. The van der Waals surface area contributed by atoms with Crippen molar-refractivity contribution < 1.29 is 0 Å². The van der Waals surface area contributed by atoms with E-state index in [1.807, 2.05) is 12.3 Å². The molecule has 2 aromatic carbocycles. The summed E-state index contributed by atoms with van der Waals surface area (Å²) in [4.78, 5) is 4.42. The molecule has 0 saturated carbocycles. The van der Waals surface area contributed by atoms with Gasteiger partial charge in [0.1, 0.15) is 0 Å². The average Bonchev–Trinajstić information content (AvgIpc) is 2.90. The lowest BCUT2D eigenvalue weighted by Crippen LogP contribution is -2.19. The van der Waals surface area contributed by atoms with Crippen molar-refractivity contribution in [3.63, 3.8) is 0 Å². The Morgan fingerprint density at radius 1 is 0.850 bits per heavy atom. The van der Waals surface area contributed by atoms with Crippen molar-refractivity contribution >= 4 is 16.6 Å². The van der Waals surface area contributed by atoms with E-state index in [4.69, 9.17) is 0 Å². The fourth-order valence-corrected chi connectivity index (χ4v) is 3.10. The third kappa shape index (κ3) is 1.94. The van der Waals surface area contributed by atoms with Crippen molar-refractivity contribution in [2.75, 3.05) is 5.32 Å². The summed E-state index contributed by atoms with van der Waals surface area (Å²) in [7, 11) is 0. The molecule has 0 amide bonds. The number of hydrogen-bond acceptors (Lipinski definition) is 2. The van der Waals surface area contributed by atoms with Crippen LogP contribution in [0.3, 0.4) is 0 Å².